The lowest BCUT2D eigenvalue weighted by molar-refractivity contribution is 0.0951. The summed E-state index contributed by atoms with van der Waals surface area (Å²) in [5, 5.41) is 2.75. The number of carbonyl (C=O) groups excluding carboxylic acids is 1. The Balaban J connectivity index is 2.57. The first-order valence-corrected chi connectivity index (χ1v) is 5.47. The predicted octanol–water partition coefficient (Wildman–Crippen LogP) is 1.37. The van der Waals surface area contributed by atoms with Crippen molar-refractivity contribution in [1.82, 2.24) is 5.32 Å². The third kappa shape index (κ3) is 3.63. The van der Waals surface area contributed by atoms with Gasteiger partial charge in [-0.15, -0.1) is 0 Å². The molecule has 3 nitrogen and oxygen atoms in total. The standard InChI is InChI=1S/C10H13IN2O/c1-7(12)6-13-10(14)8-2-4-9(11)5-3-8/h2-5,7H,6,12H2,1H3,(H,13,14). The van der Waals surface area contributed by atoms with Gasteiger partial charge >= 0.3 is 0 Å². The molecule has 76 valence electrons. The molecular weight excluding hydrogens is 291 g/mol. The van der Waals surface area contributed by atoms with E-state index in [1.54, 1.807) is 12.1 Å². The summed E-state index contributed by atoms with van der Waals surface area (Å²) in [5.74, 6) is -0.0706. The molecule has 0 fully saturated rings. The smallest absolute Gasteiger partial charge is 0.251 e. The Morgan fingerprint density at radius 2 is 2.07 bits per heavy atom. The van der Waals surface area contributed by atoms with Crippen LogP contribution in [0.2, 0.25) is 0 Å². The monoisotopic (exact) mass is 304 g/mol. The molecule has 0 aromatic heterocycles. The highest BCUT2D eigenvalue weighted by Gasteiger charge is 2.04. The lowest BCUT2D eigenvalue weighted by Gasteiger charge is -2.07. The van der Waals surface area contributed by atoms with Gasteiger partial charge in [-0.25, -0.2) is 0 Å². The average Bonchev–Trinajstić information content (AvgIpc) is 2.15. The number of nitrogens with two attached hydrogens (primary N) is 1. The number of hydrogen-bond acceptors (Lipinski definition) is 2. The minimum atomic E-state index is -0.0706. The van der Waals surface area contributed by atoms with Gasteiger partial charge in [-0.2, -0.15) is 0 Å². The van der Waals surface area contributed by atoms with Crippen LogP contribution in [-0.2, 0) is 0 Å². The summed E-state index contributed by atoms with van der Waals surface area (Å²) in [5.41, 5.74) is 6.20. The number of hydrogen-bond donors (Lipinski definition) is 2. The first-order valence-electron chi connectivity index (χ1n) is 4.39. The topological polar surface area (TPSA) is 55.1 Å². The van der Waals surface area contributed by atoms with E-state index in [0.29, 0.717) is 12.1 Å². The average molecular weight is 304 g/mol. The maximum Gasteiger partial charge on any atom is 0.251 e. The van der Waals surface area contributed by atoms with Crippen LogP contribution >= 0.6 is 22.6 Å². The number of nitrogens with one attached hydrogen (secondary N) is 1. The van der Waals surface area contributed by atoms with Crippen molar-refractivity contribution < 1.29 is 4.79 Å². The maximum absolute atomic E-state index is 11.5. The Bertz CT molecular complexity index is 308. The molecule has 0 heterocycles. The Morgan fingerprint density at radius 3 is 2.57 bits per heavy atom. The first-order chi connectivity index (χ1) is 6.59. The van der Waals surface area contributed by atoms with Gasteiger partial charge in [-0.3, -0.25) is 4.79 Å². The molecule has 1 unspecified atom stereocenters. The van der Waals surface area contributed by atoms with Crippen LogP contribution in [-0.4, -0.2) is 18.5 Å². The lowest BCUT2D eigenvalue weighted by atomic mass is 10.2. The Morgan fingerprint density at radius 1 is 1.50 bits per heavy atom. The van der Waals surface area contributed by atoms with Crippen molar-refractivity contribution in [1.29, 1.82) is 0 Å². The molecule has 0 spiro atoms. The Kier molecular flexibility index (Phi) is 4.34. The summed E-state index contributed by atoms with van der Waals surface area (Å²) < 4.78 is 1.12. The highest BCUT2D eigenvalue weighted by molar-refractivity contribution is 14.1. The van der Waals surface area contributed by atoms with Crippen LogP contribution in [0.25, 0.3) is 0 Å². The predicted molar refractivity (Wildman–Crippen MR) is 65.1 cm³/mol. The van der Waals surface area contributed by atoms with Gasteiger partial charge in [0.25, 0.3) is 5.91 Å². The summed E-state index contributed by atoms with van der Waals surface area (Å²) in [6.07, 6.45) is 0. The molecule has 0 aliphatic heterocycles. The van der Waals surface area contributed by atoms with E-state index in [0.717, 1.165) is 3.57 Å². The molecule has 0 bridgehead atoms. The van der Waals surface area contributed by atoms with Crippen LogP contribution in [0.5, 0.6) is 0 Å². The number of carbonyl (C=O) groups is 1. The molecule has 3 N–H and O–H groups in total. The second-order valence-electron chi connectivity index (χ2n) is 3.19. The van der Waals surface area contributed by atoms with Crippen LogP contribution in [0, 0.1) is 3.57 Å². The van der Waals surface area contributed by atoms with Crippen molar-refractivity contribution >= 4 is 28.5 Å². The van der Waals surface area contributed by atoms with E-state index in [4.69, 9.17) is 5.73 Å². The zero-order valence-electron chi connectivity index (χ0n) is 7.96. The van der Waals surface area contributed by atoms with Gasteiger partial charge in [0.2, 0.25) is 0 Å². The molecule has 1 aromatic rings. The third-order valence-electron chi connectivity index (χ3n) is 1.69. The molecule has 1 rings (SSSR count). The van der Waals surface area contributed by atoms with Crippen molar-refractivity contribution in [3.8, 4) is 0 Å². The van der Waals surface area contributed by atoms with Crippen molar-refractivity contribution in [2.45, 2.75) is 13.0 Å². The minimum Gasteiger partial charge on any atom is -0.350 e. The fourth-order valence-electron chi connectivity index (χ4n) is 0.957. The summed E-state index contributed by atoms with van der Waals surface area (Å²) in [6.45, 7) is 2.36. The summed E-state index contributed by atoms with van der Waals surface area (Å²) >= 11 is 2.20. The zero-order chi connectivity index (χ0) is 10.6. The van der Waals surface area contributed by atoms with Gasteiger partial charge in [0.15, 0.2) is 0 Å². The van der Waals surface area contributed by atoms with Gasteiger partial charge in [0.05, 0.1) is 0 Å². The summed E-state index contributed by atoms with van der Waals surface area (Å²) in [4.78, 5) is 11.5. The van der Waals surface area contributed by atoms with E-state index in [1.807, 2.05) is 19.1 Å². The van der Waals surface area contributed by atoms with Crippen LogP contribution in [0.3, 0.4) is 0 Å². The quantitative estimate of drug-likeness (QED) is 0.829. The molecule has 0 saturated carbocycles. The molecule has 1 atom stereocenters. The van der Waals surface area contributed by atoms with Crippen molar-refractivity contribution in [2.24, 2.45) is 5.73 Å². The highest BCUT2D eigenvalue weighted by Crippen LogP contribution is 2.06. The lowest BCUT2D eigenvalue weighted by Crippen LogP contribution is -2.35. The summed E-state index contributed by atoms with van der Waals surface area (Å²) in [7, 11) is 0. The number of benzene rings is 1. The molecular formula is C10H13IN2O. The van der Waals surface area contributed by atoms with Gasteiger partial charge in [-0.1, -0.05) is 0 Å². The molecule has 1 amide bonds. The van der Waals surface area contributed by atoms with E-state index in [2.05, 4.69) is 27.9 Å². The second kappa shape index (κ2) is 5.31. The van der Waals surface area contributed by atoms with E-state index in [1.165, 1.54) is 0 Å². The Hall–Kier alpha value is -0.620. The number of amides is 1. The van der Waals surface area contributed by atoms with Gasteiger partial charge in [0.1, 0.15) is 0 Å². The molecule has 4 heteroatoms. The van der Waals surface area contributed by atoms with Crippen LogP contribution in [0.15, 0.2) is 24.3 Å². The molecule has 0 aliphatic rings. The third-order valence-corrected chi connectivity index (χ3v) is 2.41. The fourth-order valence-corrected chi connectivity index (χ4v) is 1.32. The fraction of sp³-hybridized carbons (Fsp3) is 0.300. The molecule has 0 aliphatic carbocycles. The first kappa shape index (κ1) is 11.5. The van der Waals surface area contributed by atoms with Crippen LogP contribution < -0.4 is 11.1 Å². The molecule has 1 aromatic carbocycles. The van der Waals surface area contributed by atoms with Crippen molar-refractivity contribution in [3.05, 3.63) is 33.4 Å². The van der Waals surface area contributed by atoms with Crippen LogP contribution in [0.1, 0.15) is 17.3 Å². The number of rotatable bonds is 3. The van der Waals surface area contributed by atoms with E-state index < -0.39 is 0 Å². The van der Waals surface area contributed by atoms with Crippen molar-refractivity contribution in [3.63, 3.8) is 0 Å². The molecule has 14 heavy (non-hydrogen) atoms. The Labute approximate surface area is 97.2 Å². The van der Waals surface area contributed by atoms with Gasteiger partial charge in [-0.05, 0) is 53.8 Å². The second-order valence-corrected chi connectivity index (χ2v) is 4.44. The minimum absolute atomic E-state index is 0.0113. The van der Waals surface area contributed by atoms with E-state index >= 15 is 0 Å². The van der Waals surface area contributed by atoms with E-state index in [9.17, 15) is 4.79 Å². The zero-order valence-corrected chi connectivity index (χ0v) is 10.1. The molecule has 0 radical (unpaired) electrons. The van der Waals surface area contributed by atoms with Crippen LogP contribution in [0.4, 0.5) is 0 Å². The summed E-state index contributed by atoms with van der Waals surface area (Å²) in [6, 6.07) is 7.40. The number of halogens is 1. The SMILES string of the molecule is CC(N)CNC(=O)c1ccc(I)cc1. The maximum atomic E-state index is 11.5. The van der Waals surface area contributed by atoms with E-state index in [-0.39, 0.29) is 11.9 Å². The highest BCUT2D eigenvalue weighted by atomic mass is 127. The largest absolute Gasteiger partial charge is 0.350 e. The molecule has 0 saturated heterocycles. The van der Waals surface area contributed by atoms with Crippen molar-refractivity contribution in [2.75, 3.05) is 6.54 Å². The normalized spacial score (nSPS) is 12.2. The van der Waals surface area contributed by atoms with Gasteiger partial charge in [0, 0.05) is 21.7 Å². The van der Waals surface area contributed by atoms with Gasteiger partial charge < -0.3 is 11.1 Å².